The van der Waals surface area contributed by atoms with Crippen LogP contribution in [0.15, 0.2) is 47.3 Å². The van der Waals surface area contributed by atoms with Crippen LogP contribution in [0.25, 0.3) is 10.8 Å². The van der Waals surface area contributed by atoms with Crippen LogP contribution >= 0.6 is 0 Å². The lowest BCUT2D eigenvalue weighted by atomic mass is 10.0. The van der Waals surface area contributed by atoms with Crippen LogP contribution in [0, 0.1) is 11.2 Å². The molecule has 30 heavy (non-hydrogen) atoms. The first kappa shape index (κ1) is 19.4. The monoisotopic (exact) mass is 407 g/mol. The third-order valence-electron chi connectivity index (χ3n) is 5.18. The molecule has 1 aliphatic heterocycles. The van der Waals surface area contributed by atoms with Gasteiger partial charge in [0.15, 0.2) is 0 Å². The Morgan fingerprint density at radius 3 is 2.80 bits per heavy atom. The highest BCUT2D eigenvalue weighted by Crippen LogP contribution is 2.19. The molecule has 9 heteroatoms. The van der Waals surface area contributed by atoms with E-state index in [1.165, 1.54) is 17.0 Å². The van der Waals surface area contributed by atoms with Gasteiger partial charge >= 0.3 is 0 Å². The van der Waals surface area contributed by atoms with Crippen molar-refractivity contribution >= 4 is 28.9 Å². The van der Waals surface area contributed by atoms with E-state index >= 15 is 0 Å². The van der Waals surface area contributed by atoms with Gasteiger partial charge in [-0.05, 0) is 23.8 Å². The summed E-state index contributed by atoms with van der Waals surface area (Å²) in [6, 6.07) is 11.5. The number of fused-ring (bicyclic) bond motifs is 1. The molecule has 2 aromatic carbocycles. The molecule has 1 aromatic heterocycles. The molecule has 0 aliphatic carbocycles. The maximum Gasteiger partial charge on any atom is 0.272 e. The number of carbonyl (C=O) groups is 1. The normalized spacial score (nSPS) is 14.2. The fraction of sp³-hybridized carbons (Fsp3) is 0.190. The Hall–Kier alpha value is -3.88. The molecule has 4 rings (SSSR count). The Kier molecular flexibility index (Phi) is 5.09. The molecule has 0 saturated heterocycles. The van der Waals surface area contributed by atoms with Crippen LogP contribution in [-0.4, -0.2) is 57.4 Å². The summed E-state index contributed by atoms with van der Waals surface area (Å²) >= 11 is 0. The number of hydrogen-bond donors (Lipinski definition) is 3. The van der Waals surface area contributed by atoms with Crippen molar-refractivity contribution < 1.29 is 13.8 Å². The first-order valence-corrected chi connectivity index (χ1v) is 9.40. The van der Waals surface area contributed by atoms with Gasteiger partial charge < -0.3 is 10.6 Å². The predicted octanol–water partition coefficient (Wildman–Crippen LogP) is 1.09. The summed E-state index contributed by atoms with van der Waals surface area (Å²) < 4.78 is 16.0. The molecular formula is C21H20FN6O2+. The molecule has 0 saturated carbocycles. The molecule has 3 aromatic rings. The van der Waals surface area contributed by atoms with Gasteiger partial charge in [0, 0.05) is 11.8 Å². The van der Waals surface area contributed by atoms with Gasteiger partial charge in [0.05, 0.1) is 29.7 Å². The lowest BCUT2D eigenvalue weighted by Crippen LogP contribution is -2.50. The average Bonchev–Trinajstić information content (AvgIpc) is 2.76. The highest BCUT2D eigenvalue weighted by Gasteiger charge is 2.26. The Balaban J connectivity index is 1.64. The zero-order valence-electron chi connectivity index (χ0n) is 16.1. The van der Waals surface area contributed by atoms with E-state index in [1.54, 1.807) is 22.8 Å². The number of aromatic amines is 1. The second kappa shape index (κ2) is 7.86. The van der Waals surface area contributed by atoms with Crippen molar-refractivity contribution in [2.75, 3.05) is 19.6 Å². The van der Waals surface area contributed by atoms with E-state index in [9.17, 15) is 14.0 Å². The maximum absolute atomic E-state index is 14.5. The number of benzene rings is 2. The lowest BCUT2D eigenvalue weighted by molar-refractivity contribution is -0.408. The van der Waals surface area contributed by atoms with E-state index < -0.39 is 11.7 Å². The van der Waals surface area contributed by atoms with E-state index in [0.717, 1.165) is 6.34 Å². The van der Waals surface area contributed by atoms with Gasteiger partial charge in [0.1, 0.15) is 12.4 Å². The van der Waals surface area contributed by atoms with Crippen molar-refractivity contribution in [2.24, 2.45) is 5.73 Å². The summed E-state index contributed by atoms with van der Waals surface area (Å²) in [6.07, 6.45) is 1.44. The van der Waals surface area contributed by atoms with Crippen LogP contribution in [0.4, 0.5) is 4.39 Å². The first-order chi connectivity index (χ1) is 14.5. The van der Waals surface area contributed by atoms with Crippen molar-refractivity contribution in [3.8, 4) is 0 Å². The standard InChI is InChI=1S/C21H19FN6O2/c22-17-6-5-13(10-18-14-3-1-2-4-15(14)20(29)26-25-18)9-16(17)21(30)27-7-8-28(12-23)19(24)11-27/h1-6,9,12,23-24H,7-8,10-11H2,(H,26,29)/p+1. The molecule has 8 nitrogen and oxygen atoms in total. The zero-order valence-corrected chi connectivity index (χ0v) is 16.1. The predicted molar refractivity (Wildman–Crippen MR) is 111 cm³/mol. The summed E-state index contributed by atoms with van der Waals surface area (Å²) in [5.74, 6) is -0.706. The quantitative estimate of drug-likeness (QED) is 0.341. The highest BCUT2D eigenvalue weighted by atomic mass is 19.1. The number of nitrogens with zero attached hydrogens (tertiary/aromatic N) is 3. The molecule has 0 radical (unpaired) electrons. The van der Waals surface area contributed by atoms with Gasteiger partial charge in [0.2, 0.25) is 12.2 Å². The van der Waals surface area contributed by atoms with Gasteiger partial charge in [-0.1, -0.05) is 24.3 Å². The average molecular weight is 407 g/mol. The Morgan fingerprint density at radius 2 is 2.07 bits per heavy atom. The third kappa shape index (κ3) is 3.57. The molecular weight excluding hydrogens is 387 g/mol. The van der Waals surface area contributed by atoms with Gasteiger partial charge in [-0.15, -0.1) is 0 Å². The van der Waals surface area contributed by atoms with E-state index in [1.807, 2.05) is 12.1 Å². The van der Waals surface area contributed by atoms with Crippen molar-refractivity contribution in [2.45, 2.75) is 6.42 Å². The number of rotatable bonds is 4. The molecule has 0 unspecified atom stereocenters. The fourth-order valence-corrected chi connectivity index (χ4v) is 3.57. The van der Waals surface area contributed by atoms with Crippen molar-refractivity contribution in [3.05, 3.63) is 75.5 Å². The second-order valence-corrected chi connectivity index (χ2v) is 7.08. The van der Waals surface area contributed by atoms with Crippen LogP contribution in [0.2, 0.25) is 0 Å². The molecule has 152 valence electrons. The molecule has 4 N–H and O–H groups in total. The summed E-state index contributed by atoms with van der Waals surface area (Å²) in [6.45, 7) is 0.852. The van der Waals surface area contributed by atoms with Crippen LogP contribution in [0.5, 0.6) is 0 Å². The molecule has 0 fully saturated rings. The molecule has 0 bridgehead atoms. The van der Waals surface area contributed by atoms with Crippen LogP contribution in [0.3, 0.4) is 0 Å². The van der Waals surface area contributed by atoms with E-state index in [0.29, 0.717) is 47.4 Å². The number of H-pyrrole nitrogens is 1. The third-order valence-corrected chi connectivity index (χ3v) is 5.18. The summed E-state index contributed by atoms with van der Waals surface area (Å²) in [5.41, 5.74) is 6.90. The number of carbonyl (C=O) groups excluding carboxylic acids is 1. The molecule has 1 aliphatic rings. The second-order valence-electron chi connectivity index (χ2n) is 7.08. The van der Waals surface area contributed by atoms with Crippen molar-refractivity contribution in [1.29, 1.82) is 5.41 Å². The number of hydrogen-bond acceptors (Lipinski definition) is 5. The van der Waals surface area contributed by atoms with Crippen LogP contribution in [-0.2, 0) is 6.42 Å². The minimum absolute atomic E-state index is 0.0441. The lowest BCUT2D eigenvalue weighted by Gasteiger charge is -2.26. The Labute approximate surface area is 171 Å². The van der Waals surface area contributed by atoms with Crippen molar-refractivity contribution in [3.63, 3.8) is 0 Å². The van der Waals surface area contributed by atoms with E-state index in [-0.39, 0.29) is 17.7 Å². The summed E-state index contributed by atoms with van der Waals surface area (Å²) in [5, 5.41) is 15.2. The number of nitrogens with one attached hydrogen (secondary N) is 2. The minimum atomic E-state index is -0.615. The Morgan fingerprint density at radius 1 is 1.30 bits per heavy atom. The largest absolute Gasteiger partial charge is 0.325 e. The number of amides is 1. The van der Waals surface area contributed by atoms with Gasteiger partial charge in [-0.3, -0.25) is 9.59 Å². The maximum atomic E-state index is 14.5. The Bertz CT molecular complexity index is 1250. The van der Waals surface area contributed by atoms with Gasteiger partial charge in [0.25, 0.3) is 11.5 Å². The SMILES string of the molecule is N=C[N+]1=C(N)CN(C(=O)c2cc(Cc3n[nH]c(=O)c4ccccc34)ccc2F)CC1. The molecule has 0 spiro atoms. The summed E-state index contributed by atoms with van der Waals surface area (Å²) in [7, 11) is 0. The van der Waals surface area contributed by atoms with Crippen LogP contribution in [0.1, 0.15) is 21.6 Å². The number of nitrogens with two attached hydrogens (primary N) is 1. The molecule has 2 heterocycles. The number of aromatic nitrogens is 2. The van der Waals surface area contributed by atoms with Gasteiger partial charge in [-0.2, -0.15) is 10.5 Å². The van der Waals surface area contributed by atoms with E-state index in [4.69, 9.17) is 11.1 Å². The summed E-state index contributed by atoms with van der Waals surface area (Å²) in [4.78, 5) is 26.3. The first-order valence-electron chi connectivity index (χ1n) is 9.40. The number of halogens is 1. The van der Waals surface area contributed by atoms with E-state index in [2.05, 4.69) is 10.2 Å². The molecule has 0 atom stereocenters. The molecule has 1 amide bonds. The highest BCUT2D eigenvalue weighted by molar-refractivity contribution is 5.97. The van der Waals surface area contributed by atoms with Crippen molar-refractivity contribution in [1.82, 2.24) is 15.1 Å². The van der Waals surface area contributed by atoms with Crippen LogP contribution < -0.4 is 11.3 Å². The number of amidine groups is 1. The fourth-order valence-electron chi connectivity index (χ4n) is 3.57. The smallest absolute Gasteiger partial charge is 0.272 e. The zero-order chi connectivity index (χ0) is 21.3. The van der Waals surface area contributed by atoms with Gasteiger partial charge in [-0.25, -0.2) is 14.1 Å². The topological polar surface area (TPSA) is 119 Å². The minimum Gasteiger partial charge on any atom is -0.325 e.